The van der Waals surface area contributed by atoms with Crippen LogP contribution in [0.15, 0.2) is 36.4 Å². The standard InChI is InChI=1S/C10H9NO/c11-8-5-1-3-7-4-2-6-9(12)10(7)8/h1-6,12H,11H2/i2D,3D. The predicted octanol–water partition coefficient (Wildman–Crippen LogP) is 2.13. The molecule has 0 aromatic heterocycles. The summed E-state index contributed by atoms with van der Waals surface area (Å²) in [6.07, 6.45) is 0. The van der Waals surface area contributed by atoms with E-state index in [1.807, 2.05) is 0 Å². The fourth-order valence-corrected chi connectivity index (χ4v) is 1.21. The molecule has 0 radical (unpaired) electrons. The summed E-state index contributed by atoms with van der Waals surface area (Å²) in [5.41, 5.74) is 6.10. The Labute approximate surface area is 73.1 Å². The van der Waals surface area contributed by atoms with E-state index in [-0.39, 0.29) is 17.8 Å². The van der Waals surface area contributed by atoms with E-state index in [1.54, 1.807) is 12.1 Å². The smallest absolute Gasteiger partial charge is 0.125 e. The molecule has 0 fully saturated rings. The second-order valence-corrected chi connectivity index (χ2v) is 2.56. The van der Waals surface area contributed by atoms with E-state index in [1.165, 1.54) is 12.1 Å². The topological polar surface area (TPSA) is 46.2 Å². The highest BCUT2D eigenvalue weighted by Crippen LogP contribution is 2.28. The first-order valence-electron chi connectivity index (χ1n) is 4.58. The fraction of sp³-hybridized carbons (Fsp3) is 0. The molecule has 0 saturated carbocycles. The van der Waals surface area contributed by atoms with Crippen LogP contribution in [-0.4, -0.2) is 5.11 Å². The van der Waals surface area contributed by atoms with Crippen molar-refractivity contribution in [2.45, 2.75) is 0 Å². The number of fused-ring (bicyclic) bond motifs is 1. The summed E-state index contributed by atoms with van der Waals surface area (Å²) in [5, 5.41) is 10.5. The average molecular weight is 161 g/mol. The number of nitrogen functional groups attached to an aromatic ring is 1. The zero-order valence-electron chi connectivity index (χ0n) is 8.33. The molecule has 0 heterocycles. The van der Waals surface area contributed by atoms with Crippen molar-refractivity contribution >= 4 is 16.5 Å². The highest BCUT2D eigenvalue weighted by Gasteiger charge is 2.00. The normalized spacial score (nSPS) is 12.7. The first kappa shape index (κ1) is 5.04. The Bertz CT molecular complexity index is 511. The molecular weight excluding hydrogens is 150 g/mol. The van der Waals surface area contributed by atoms with Gasteiger partial charge in [-0.1, -0.05) is 24.2 Å². The van der Waals surface area contributed by atoms with E-state index >= 15 is 0 Å². The molecule has 0 saturated heterocycles. The molecule has 2 aromatic rings. The monoisotopic (exact) mass is 161 g/mol. The fourth-order valence-electron chi connectivity index (χ4n) is 1.21. The SMILES string of the molecule is [2H]c1cc(O)c2c(N)ccc([2H])c2c1. The molecule has 0 aliphatic carbocycles. The number of anilines is 1. The van der Waals surface area contributed by atoms with Gasteiger partial charge < -0.3 is 10.8 Å². The molecule has 2 nitrogen and oxygen atoms in total. The molecule has 60 valence electrons. The van der Waals surface area contributed by atoms with Crippen molar-refractivity contribution in [3.8, 4) is 5.75 Å². The van der Waals surface area contributed by atoms with Crippen LogP contribution < -0.4 is 5.73 Å². The minimum Gasteiger partial charge on any atom is -0.507 e. The molecule has 0 aliphatic heterocycles. The Balaban J connectivity index is 3.00. The van der Waals surface area contributed by atoms with E-state index in [0.717, 1.165) is 0 Å². The number of nitrogens with two attached hydrogens (primary N) is 1. The average Bonchev–Trinajstić information content (AvgIpc) is 2.10. The molecule has 3 N–H and O–H groups in total. The summed E-state index contributed by atoms with van der Waals surface area (Å²) in [7, 11) is 0. The molecule has 0 bridgehead atoms. The van der Waals surface area contributed by atoms with Crippen LogP contribution >= 0.6 is 0 Å². The third kappa shape index (κ3) is 0.889. The van der Waals surface area contributed by atoms with Crippen molar-refractivity contribution in [3.63, 3.8) is 0 Å². The van der Waals surface area contributed by atoms with Crippen LogP contribution in [0, 0.1) is 0 Å². The minimum atomic E-state index is -0.0425. The van der Waals surface area contributed by atoms with Crippen LogP contribution in [0.1, 0.15) is 2.74 Å². The maximum absolute atomic E-state index is 9.57. The molecule has 0 atom stereocenters. The molecule has 0 aliphatic rings. The maximum Gasteiger partial charge on any atom is 0.125 e. The van der Waals surface area contributed by atoms with Gasteiger partial charge in [-0.15, -0.1) is 0 Å². The van der Waals surface area contributed by atoms with Gasteiger partial charge in [-0.2, -0.15) is 0 Å². The van der Waals surface area contributed by atoms with Crippen molar-refractivity contribution in [3.05, 3.63) is 36.4 Å². The molecule has 2 rings (SSSR count). The molecule has 0 unspecified atom stereocenters. The van der Waals surface area contributed by atoms with Gasteiger partial charge in [0.25, 0.3) is 0 Å². The molecule has 0 amide bonds. The van der Waals surface area contributed by atoms with Crippen molar-refractivity contribution < 1.29 is 7.85 Å². The summed E-state index contributed by atoms with van der Waals surface area (Å²) in [4.78, 5) is 0. The lowest BCUT2D eigenvalue weighted by atomic mass is 10.1. The largest absolute Gasteiger partial charge is 0.507 e. The number of benzene rings is 2. The highest BCUT2D eigenvalue weighted by molar-refractivity contribution is 5.97. The number of hydrogen-bond acceptors (Lipinski definition) is 2. The summed E-state index contributed by atoms with van der Waals surface area (Å²) >= 11 is 0. The summed E-state index contributed by atoms with van der Waals surface area (Å²) < 4.78 is 15.0. The van der Waals surface area contributed by atoms with E-state index in [0.29, 0.717) is 16.5 Å². The Morgan fingerprint density at radius 2 is 2.17 bits per heavy atom. The predicted molar refractivity (Wildman–Crippen MR) is 50.0 cm³/mol. The zero-order chi connectivity index (χ0) is 10.3. The molecular formula is C10H9NO. The lowest BCUT2D eigenvalue weighted by Gasteiger charge is -2.02. The van der Waals surface area contributed by atoms with Gasteiger partial charge in [0.1, 0.15) is 5.75 Å². The Morgan fingerprint density at radius 1 is 1.33 bits per heavy atom. The van der Waals surface area contributed by atoms with E-state index < -0.39 is 0 Å². The molecule has 2 aromatic carbocycles. The van der Waals surface area contributed by atoms with Crippen LogP contribution in [0.5, 0.6) is 5.75 Å². The van der Waals surface area contributed by atoms with Gasteiger partial charge in [0.2, 0.25) is 0 Å². The Hall–Kier alpha value is -1.70. The quantitative estimate of drug-likeness (QED) is 0.581. The second kappa shape index (κ2) is 2.41. The van der Waals surface area contributed by atoms with Gasteiger partial charge in [0, 0.05) is 11.1 Å². The van der Waals surface area contributed by atoms with Crippen LogP contribution in [0.2, 0.25) is 0 Å². The zero-order valence-corrected chi connectivity index (χ0v) is 6.33. The van der Waals surface area contributed by atoms with Gasteiger partial charge in [0.05, 0.1) is 2.74 Å². The molecule has 12 heavy (non-hydrogen) atoms. The molecule has 0 spiro atoms. The number of phenols is 1. The van der Waals surface area contributed by atoms with Crippen LogP contribution in [0.25, 0.3) is 10.8 Å². The summed E-state index contributed by atoms with van der Waals surface area (Å²) in [6.45, 7) is 0. The third-order valence-electron chi connectivity index (χ3n) is 1.76. The van der Waals surface area contributed by atoms with Gasteiger partial charge in [-0.25, -0.2) is 0 Å². The van der Waals surface area contributed by atoms with Crippen LogP contribution in [0.3, 0.4) is 0 Å². The van der Waals surface area contributed by atoms with Crippen molar-refractivity contribution in [1.82, 2.24) is 0 Å². The van der Waals surface area contributed by atoms with Crippen LogP contribution in [-0.2, 0) is 0 Å². The second-order valence-electron chi connectivity index (χ2n) is 2.56. The van der Waals surface area contributed by atoms with Gasteiger partial charge in [-0.3, -0.25) is 0 Å². The minimum absolute atomic E-state index is 0.0425. The highest BCUT2D eigenvalue weighted by atomic mass is 16.3. The van der Waals surface area contributed by atoms with Crippen molar-refractivity contribution in [1.29, 1.82) is 0 Å². The Morgan fingerprint density at radius 3 is 3.00 bits per heavy atom. The van der Waals surface area contributed by atoms with Crippen molar-refractivity contribution in [2.24, 2.45) is 0 Å². The number of aromatic hydroxyl groups is 1. The number of phenolic OH excluding ortho intramolecular Hbond substituents is 1. The molecule has 2 heteroatoms. The number of rotatable bonds is 0. The lowest BCUT2D eigenvalue weighted by Crippen LogP contribution is -1.85. The summed E-state index contributed by atoms with van der Waals surface area (Å²) in [6, 6.07) is 6.41. The first-order chi connectivity index (χ1) is 6.59. The number of hydrogen-bond donors (Lipinski definition) is 2. The van der Waals surface area contributed by atoms with Gasteiger partial charge in [0.15, 0.2) is 0 Å². The van der Waals surface area contributed by atoms with E-state index in [2.05, 4.69) is 0 Å². The first-order valence-corrected chi connectivity index (χ1v) is 3.58. The Kier molecular flexibility index (Phi) is 1.01. The van der Waals surface area contributed by atoms with E-state index in [9.17, 15) is 5.11 Å². The van der Waals surface area contributed by atoms with Crippen molar-refractivity contribution in [2.75, 3.05) is 5.73 Å². The van der Waals surface area contributed by atoms with Crippen LogP contribution in [0.4, 0.5) is 5.69 Å². The maximum atomic E-state index is 9.57. The lowest BCUT2D eigenvalue weighted by molar-refractivity contribution is 0.482. The summed E-state index contributed by atoms with van der Waals surface area (Å²) in [5.74, 6) is -0.0425. The van der Waals surface area contributed by atoms with E-state index in [4.69, 9.17) is 8.48 Å². The van der Waals surface area contributed by atoms with Gasteiger partial charge >= 0.3 is 0 Å². The van der Waals surface area contributed by atoms with Gasteiger partial charge in [-0.05, 0) is 17.5 Å². The third-order valence-corrected chi connectivity index (χ3v) is 1.76.